The molecule has 4 rings (SSSR count). The number of fused-ring (bicyclic) bond motifs is 4. The number of benzene rings is 2. The predicted octanol–water partition coefficient (Wildman–Crippen LogP) is 2.77. The number of carboxylic acids is 1. The second kappa shape index (κ2) is 4.28. The van der Waals surface area contributed by atoms with Crippen LogP contribution in [0.4, 0.5) is 0 Å². The van der Waals surface area contributed by atoms with Gasteiger partial charge in [-0.1, -0.05) is 30.3 Å². The van der Waals surface area contributed by atoms with Crippen LogP contribution < -0.4 is 0 Å². The van der Waals surface area contributed by atoms with E-state index >= 15 is 0 Å². The van der Waals surface area contributed by atoms with Gasteiger partial charge in [-0.3, -0.25) is 4.79 Å². The molecule has 2 aliphatic rings. The number of aliphatic carboxylic acids is 1. The van der Waals surface area contributed by atoms with Crippen LogP contribution >= 0.6 is 0 Å². The summed E-state index contributed by atoms with van der Waals surface area (Å²) in [6.07, 6.45) is 0. The van der Waals surface area contributed by atoms with Crippen LogP contribution in [-0.2, 0) is 11.3 Å². The van der Waals surface area contributed by atoms with E-state index in [1.807, 2.05) is 48.5 Å². The van der Waals surface area contributed by atoms with Gasteiger partial charge >= 0.3 is 5.97 Å². The molecular formula is C16H11N3O2. The second-order valence-electron chi connectivity index (χ2n) is 4.88. The number of para-hydroxylation sites is 3. The normalized spacial score (nSPS) is 11.4. The highest BCUT2D eigenvalue weighted by Crippen LogP contribution is 2.32. The van der Waals surface area contributed by atoms with E-state index in [2.05, 4.69) is 9.97 Å². The van der Waals surface area contributed by atoms with Crippen molar-refractivity contribution in [3.63, 3.8) is 0 Å². The number of rotatable bonds is 2. The van der Waals surface area contributed by atoms with Crippen LogP contribution in [0.25, 0.3) is 33.5 Å². The Morgan fingerprint density at radius 1 is 1.00 bits per heavy atom. The number of aromatic nitrogens is 3. The fourth-order valence-corrected chi connectivity index (χ4v) is 2.72. The van der Waals surface area contributed by atoms with Gasteiger partial charge in [-0.25, -0.2) is 9.97 Å². The smallest absolute Gasteiger partial charge is 0.323 e. The molecule has 21 heavy (non-hydrogen) atoms. The lowest BCUT2D eigenvalue weighted by Crippen LogP contribution is -2.13. The molecule has 0 aromatic heterocycles. The minimum Gasteiger partial charge on any atom is -0.480 e. The first kappa shape index (κ1) is 11.8. The van der Waals surface area contributed by atoms with Crippen molar-refractivity contribution in [2.45, 2.75) is 6.54 Å². The maximum Gasteiger partial charge on any atom is 0.323 e. The Labute approximate surface area is 119 Å². The summed E-state index contributed by atoms with van der Waals surface area (Å²) in [5, 5.41) is 10.2. The summed E-state index contributed by atoms with van der Waals surface area (Å²) in [5.41, 5.74) is 3.14. The third-order valence-corrected chi connectivity index (χ3v) is 3.56. The van der Waals surface area contributed by atoms with Crippen molar-refractivity contribution in [1.82, 2.24) is 14.5 Å². The van der Waals surface area contributed by atoms with Crippen LogP contribution in [0.2, 0.25) is 0 Å². The first-order valence-electron chi connectivity index (χ1n) is 6.59. The van der Waals surface area contributed by atoms with E-state index in [9.17, 15) is 9.90 Å². The van der Waals surface area contributed by atoms with Gasteiger partial charge in [0.15, 0.2) is 5.82 Å². The lowest BCUT2D eigenvalue weighted by Gasteiger charge is -2.13. The van der Waals surface area contributed by atoms with E-state index < -0.39 is 5.97 Å². The third-order valence-electron chi connectivity index (χ3n) is 3.56. The summed E-state index contributed by atoms with van der Waals surface area (Å²) >= 11 is 0. The maximum atomic E-state index is 11.3. The fourth-order valence-electron chi connectivity index (χ4n) is 2.72. The number of nitrogens with zero attached hydrogens (tertiary/aromatic N) is 3. The quantitative estimate of drug-likeness (QED) is 0.611. The van der Waals surface area contributed by atoms with Crippen molar-refractivity contribution in [3.05, 3.63) is 48.5 Å². The number of hydrogen-bond donors (Lipinski definition) is 1. The minimum atomic E-state index is -0.886. The third kappa shape index (κ3) is 1.74. The standard InChI is InChI=1S/C16H11N3O2/c20-14(21)9-19-13-8-4-3-7-12(13)18-16-15(19)10-5-1-2-6-11(10)17-16/h1-8H,9H2,(H,20,21). The molecule has 0 fully saturated rings. The van der Waals surface area contributed by atoms with Crippen LogP contribution in [0, 0.1) is 0 Å². The molecule has 0 amide bonds. The summed E-state index contributed by atoms with van der Waals surface area (Å²) < 4.78 is 1.77. The fraction of sp³-hybridized carbons (Fsp3) is 0.0625. The van der Waals surface area contributed by atoms with Crippen molar-refractivity contribution >= 4 is 27.9 Å². The van der Waals surface area contributed by atoms with E-state index in [0.717, 1.165) is 27.6 Å². The molecule has 2 heterocycles. The van der Waals surface area contributed by atoms with Crippen LogP contribution in [-0.4, -0.2) is 25.6 Å². The van der Waals surface area contributed by atoms with Crippen LogP contribution in [0.3, 0.4) is 0 Å². The van der Waals surface area contributed by atoms with Gasteiger partial charge in [0.25, 0.3) is 0 Å². The highest BCUT2D eigenvalue weighted by Gasteiger charge is 2.20. The van der Waals surface area contributed by atoms with Gasteiger partial charge in [-0.2, -0.15) is 0 Å². The van der Waals surface area contributed by atoms with Gasteiger partial charge < -0.3 is 9.67 Å². The minimum absolute atomic E-state index is 0.116. The van der Waals surface area contributed by atoms with E-state index in [4.69, 9.17) is 0 Å². The average molecular weight is 277 g/mol. The summed E-state index contributed by atoms with van der Waals surface area (Å²) in [6.45, 7) is -0.116. The maximum absolute atomic E-state index is 11.3. The summed E-state index contributed by atoms with van der Waals surface area (Å²) in [7, 11) is 0. The van der Waals surface area contributed by atoms with Gasteiger partial charge in [0.2, 0.25) is 0 Å². The monoisotopic (exact) mass is 277 g/mol. The zero-order chi connectivity index (χ0) is 14.4. The number of hydrogen-bond acceptors (Lipinski definition) is 3. The highest BCUT2D eigenvalue weighted by molar-refractivity contribution is 5.97. The molecule has 0 bridgehead atoms. The number of carboxylic acid groups (broad SMARTS) is 1. The van der Waals surface area contributed by atoms with E-state index in [-0.39, 0.29) is 6.54 Å². The summed E-state index contributed by atoms with van der Waals surface area (Å²) in [6, 6.07) is 15.2. The molecule has 5 heteroatoms. The number of carbonyl (C=O) groups is 1. The van der Waals surface area contributed by atoms with E-state index in [1.54, 1.807) is 4.57 Å². The van der Waals surface area contributed by atoms with Gasteiger partial charge in [-0.05, 0) is 18.2 Å². The Hall–Kier alpha value is -2.95. The molecule has 0 atom stereocenters. The van der Waals surface area contributed by atoms with E-state index in [1.165, 1.54) is 0 Å². The molecule has 5 nitrogen and oxygen atoms in total. The van der Waals surface area contributed by atoms with E-state index in [0.29, 0.717) is 5.82 Å². The predicted molar refractivity (Wildman–Crippen MR) is 79.3 cm³/mol. The molecule has 2 aliphatic heterocycles. The Bertz CT molecular complexity index is 958. The molecule has 1 N–H and O–H groups in total. The molecule has 0 unspecified atom stereocenters. The lowest BCUT2D eigenvalue weighted by molar-refractivity contribution is -0.137. The molecule has 0 spiro atoms. The molecule has 0 radical (unpaired) electrons. The van der Waals surface area contributed by atoms with Crippen molar-refractivity contribution in [3.8, 4) is 11.5 Å². The largest absolute Gasteiger partial charge is 0.480 e. The summed E-state index contributed by atoms with van der Waals surface area (Å²) in [4.78, 5) is 20.3. The Morgan fingerprint density at radius 2 is 1.67 bits per heavy atom. The lowest BCUT2D eigenvalue weighted by atomic mass is 10.2. The first-order valence-corrected chi connectivity index (χ1v) is 6.59. The molecule has 102 valence electrons. The van der Waals surface area contributed by atoms with Crippen molar-refractivity contribution in [1.29, 1.82) is 0 Å². The van der Waals surface area contributed by atoms with Crippen LogP contribution in [0.1, 0.15) is 0 Å². The highest BCUT2D eigenvalue weighted by atomic mass is 16.4. The van der Waals surface area contributed by atoms with Crippen molar-refractivity contribution < 1.29 is 9.90 Å². The van der Waals surface area contributed by atoms with Crippen molar-refractivity contribution in [2.75, 3.05) is 0 Å². The Morgan fingerprint density at radius 3 is 2.48 bits per heavy atom. The summed E-state index contributed by atoms with van der Waals surface area (Å²) in [5.74, 6) is -0.306. The zero-order valence-electron chi connectivity index (χ0n) is 11.0. The molecule has 0 saturated carbocycles. The molecule has 0 saturated heterocycles. The van der Waals surface area contributed by atoms with Crippen LogP contribution in [0.5, 0.6) is 0 Å². The zero-order valence-corrected chi connectivity index (χ0v) is 11.0. The second-order valence-corrected chi connectivity index (χ2v) is 4.88. The molecule has 2 aromatic rings. The SMILES string of the molecule is O=C(O)Cn1c2c3ccccc3nc-2nc2ccccc21. The van der Waals surface area contributed by atoms with Crippen molar-refractivity contribution in [2.24, 2.45) is 0 Å². The first-order chi connectivity index (χ1) is 10.2. The Balaban J connectivity index is 2.22. The molecule has 0 aliphatic carbocycles. The van der Waals surface area contributed by atoms with Gasteiger partial charge in [0, 0.05) is 5.39 Å². The molecular weight excluding hydrogens is 266 g/mol. The van der Waals surface area contributed by atoms with Gasteiger partial charge in [0.1, 0.15) is 6.54 Å². The van der Waals surface area contributed by atoms with Crippen LogP contribution in [0.15, 0.2) is 48.5 Å². The molecule has 2 aromatic carbocycles. The average Bonchev–Trinajstić information content (AvgIpc) is 2.84. The van der Waals surface area contributed by atoms with Gasteiger partial charge in [0.05, 0.1) is 22.2 Å². The topological polar surface area (TPSA) is 68.0 Å². The Kier molecular flexibility index (Phi) is 2.41. The van der Waals surface area contributed by atoms with Gasteiger partial charge in [-0.15, -0.1) is 0 Å².